The number of nitrogens with two attached hydrogens (primary N) is 1. The Balaban J connectivity index is 1.50. The average Bonchev–Trinajstić information content (AvgIpc) is 3.07. The molecule has 0 atom stereocenters. The number of fused-ring (bicyclic) bond motifs is 1. The Labute approximate surface area is 166 Å². The van der Waals surface area contributed by atoms with Gasteiger partial charge in [0.1, 0.15) is 9.71 Å². The van der Waals surface area contributed by atoms with E-state index in [-0.39, 0.29) is 5.91 Å². The number of nitrogens with one attached hydrogen (secondary N) is 1. The molecule has 4 aromatic rings. The molecular weight excluding hydrogens is 370 g/mol. The Bertz CT molecular complexity index is 1150. The van der Waals surface area contributed by atoms with Crippen molar-refractivity contribution < 1.29 is 4.79 Å². The van der Waals surface area contributed by atoms with E-state index in [4.69, 9.17) is 5.73 Å². The number of rotatable bonds is 4. The summed E-state index contributed by atoms with van der Waals surface area (Å²) in [6, 6.07) is 12.0. The first kappa shape index (κ1) is 18.1. The zero-order valence-corrected chi connectivity index (χ0v) is 16.4. The molecule has 3 N–H and O–H groups in total. The van der Waals surface area contributed by atoms with Gasteiger partial charge in [-0.05, 0) is 42.2 Å². The number of anilines is 1. The molecule has 3 aromatic heterocycles. The molecule has 0 spiro atoms. The van der Waals surface area contributed by atoms with Gasteiger partial charge in [0.2, 0.25) is 0 Å². The zero-order chi connectivity index (χ0) is 19.7. The van der Waals surface area contributed by atoms with Crippen LogP contribution in [0.1, 0.15) is 26.5 Å². The summed E-state index contributed by atoms with van der Waals surface area (Å²) in [7, 11) is 0. The van der Waals surface area contributed by atoms with Crippen molar-refractivity contribution in [1.82, 2.24) is 20.5 Å². The van der Waals surface area contributed by atoms with Crippen molar-refractivity contribution in [2.45, 2.75) is 20.4 Å². The monoisotopic (exact) mass is 389 g/mol. The van der Waals surface area contributed by atoms with Crippen molar-refractivity contribution in [2.24, 2.45) is 0 Å². The fraction of sp³-hybridized carbons (Fsp3) is 0.143. The van der Waals surface area contributed by atoms with Crippen molar-refractivity contribution >= 4 is 33.1 Å². The number of carbonyl (C=O) groups is 1. The van der Waals surface area contributed by atoms with Crippen molar-refractivity contribution in [3.05, 3.63) is 70.5 Å². The topological polar surface area (TPSA) is 93.8 Å². The third-order valence-electron chi connectivity index (χ3n) is 4.74. The second-order valence-electron chi connectivity index (χ2n) is 6.56. The average molecular weight is 389 g/mol. The lowest BCUT2D eigenvalue weighted by Gasteiger charge is -2.06. The van der Waals surface area contributed by atoms with Gasteiger partial charge in [0.05, 0.1) is 11.4 Å². The lowest BCUT2D eigenvalue weighted by atomic mass is 10.1. The first-order valence-corrected chi connectivity index (χ1v) is 9.65. The van der Waals surface area contributed by atoms with E-state index in [1.54, 1.807) is 6.20 Å². The lowest BCUT2D eigenvalue weighted by Crippen LogP contribution is -2.22. The Kier molecular flexibility index (Phi) is 4.75. The van der Waals surface area contributed by atoms with E-state index >= 15 is 0 Å². The van der Waals surface area contributed by atoms with Crippen LogP contribution >= 0.6 is 11.3 Å². The molecule has 0 saturated carbocycles. The Morgan fingerprint density at radius 3 is 2.61 bits per heavy atom. The number of amides is 1. The van der Waals surface area contributed by atoms with Crippen molar-refractivity contribution in [3.63, 3.8) is 0 Å². The van der Waals surface area contributed by atoms with Crippen molar-refractivity contribution in [3.8, 4) is 11.1 Å². The molecule has 0 radical (unpaired) electrons. The van der Waals surface area contributed by atoms with Gasteiger partial charge >= 0.3 is 0 Å². The summed E-state index contributed by atoms with van der Waals surface area (Å²) in [6.07, 6.45) is 3.58. The standard InChI is InChI=1S/C21H19N5OS/c1-12-13(2)25-26-21-17(12)18(22)19(28-21)20(27)24-10-14-5-7-15(8-6-14)16-4-3-9-23-11-16/h3-9,11H,10,22H2,1-2H3,(H,24,27). The fourth-order valence-electron chi connectivity index (χ4n) is 3.02. The maximum Gasteiger partial charge on any atom is 0.263 e. The first-order valence-electron chi connectivity index (χ1n) is 8.84. The molecule has 4 rings (SSSR count). The molecule has 1 amide bonds. The smallest absolute Gasteiger partial charge is 0.263 e. The van der Waals surface area contributed by atoms with E-state index in [1.165, 1.54) is 11.3 Å². The maximum atomic E-state index is 12.7. The maximum absolute atomic E-state index is 12.7. The van der Waals surface area contributed by atoms with E-state index in [0.29, 0.717) is 21.9 Å². The number of benzene rings is 1. The highest BCUT2D eigenvalue weighted by Crippen LogP contribution is 2.34. The number of nitrogens with zero attached hydrogens (tertiary/aromatic N) is 3. The van der Waals surface area contributed by atoms with Gasteiger partial charge in [0.15, 0.2) is 0 Å². The Morgan fingerprint density at radius 1 is 1.11 bits per heavy atom. The van der Waals surface area contributed by atoms with Gasteiger partial charge < -0.3 is 11.1 Å². The molecule has 0 bridgehead atoms. The molecule has 0 unspecified atom stereocenters. The van der Waals surface area contributed by atoms with E-state index < -0.39 is 0 Å². The predicted molar refractivity (Wildman–Crippen MR) is 112 cm³/mol. The highest BCUT2D eigenvalue weighted by atomic mass is 32.1. The largest absolute Gasteiger partial charge is 0.397 e. The molecule has 7 heteroatoms. The number of thiophene rings is 1. The van der Waals surface area contributed by atoms with Crippen LogP contribution in [0.3, 0.4) is 0 Å². The minimum Gasteiger partial charge on any atom is -0.397 e. The third-order valence-corrected chi connectivity index (χ3v) is 5.83. The van der Waals surface area contributed by atoms with Gasteiger partial charge in [-0.25, -0.2) is 0 Å². The molecule has 6 nitrogen and oxygen atoms in total. The molecule has 28 heavy (non-hydrogen) atoms. The molecule has 0 aliphatic rings. The number of hydrogen-bond donors (Lipinski definition) is 2. The first-order chi connectivity index (χ1) is 13.5. The van der Waals surface area contributed by atoms with Gasteiger partial charge in [-0.1, -0.05) is 30.3 Å². The molecular formula is C21H19N5OS. The Hall–Kier alpha value is -3.32. The third kappa shape index (κ3) is 3.32. The summed E-state index contributed by atoms with van der Waals surface area (Å²) < 4.78 is 0. The highest BCUT2D eigenvalue weighted by molar-refractivity contribution is 7.21. The zero-order valence-electron chi connectivity index (χ0n) is 15.6. The minimum atomic E-state index is -0.200. The van der Waals surface area contributed by atoms with E-state index in [2.05, 4.69) is 20.5 Å². The molecule has 0 aliphatic carbocycles. The van der Waals surface area contributed by atoms with Crippen LogP contribution in [0.2, 0.25) is 0 Å². The van der Waals surface area contributed by atoms with Crippen molar-refractivity contribution in [2.75, 3.05) is 5.73 Å². The van der Waals surface area contributed by atoms with Gasteiger partial charge in [0, 0.05) is 24.3 Å². The van der Waals surface area contributed by atoms with Crippen molar-refractivity contribution in [1.29, 1.82) is 0 Å². The van der Waals surface area contributed by atoms with Crippen LogP contribution in [0.15, 0.2) is 48.8 Å². The highest BCUT2D eigenvalue weighted by Gasteiger charge is 2.19. The molecule has 1 aromatic carbocycles. The lowest BCUT2D eigenvalue weighted by molar-refractivity contribution is 0.0956. The molecule has 0 saturated heterocycles. The van der Waals surface area contributed by atoms with E-state index in [1.807, 2.05) is 56.4 Å². The van der Waals surface area contributed by atoms with Crippen LogP contribution < -0.4 is 11.1 Å². The molecule has 140 valence electrons. The summed E-state index contributed by atoms with van der Waals surface area (Å²) in [5.74, 6) is -0.200. The second-order valence-corrected chi connectivity index (χ2v) is 7.56. The summed E-state index contributed by atoms with van der Waals surface area (Å²) in [4.78, 5) is 18.0. The quantitative estimate of drug-likeness (QED) is 0.552. The van der Waals surface area contributed by atoms with Gasteiger partial charge in [0.25, 0.3) is 5.91 Å². The number of aromatic nitrogens is 3. The Morgan fingerprint density at radius 2 is 1.89 bits per heavy atom. The van der Waals surface area contributed by atoms with Crippen LogP contribution in [0.25, 0.3) is 21.3 Å². The van der Waals surface area contributed by atoms with E-state index in [9.17, 15) is 4.79 Å². The van der Waals surface area contributed by atoms with E-state index in [0.717, 1.165) is 33.3 Å². The van der Waals surface area contributed by atoms with Crippen LogP contribution in [0.5, 0.6) is 0 Å². The summed E-state index contributed by atoms with van der Waals surface area (Å²) in [5, 5.41) is 12.0. The minimum absolute atomic E-state index is 0.200. The summed E-state index contributed by atoms with van der Waals surface area (Å²) in [6.45, 7) is 4.25. The normalized spacial score (nSPS) is 10.9. The second kappa shape index (κ2) is 7.36. The summed E-state index contributed by atoms with van der Waals surface area (Å²) >= 11 is 1.27. The SMILES string of the molecule is Cc1nnc2sc(C(=O)NCc3ccc(-c4cccnc4)cc3)c(N)c2c1C. The van der Waals surface area contributed by atoms with Gasteiger partial charge in [-0.15, -0.1) is 16.4 Å². The number of aryl methyl sites for hydroxylation is 2. The van der Waals surface area contributed by atoms with Crippen LogP contribution in [-0.4, -0.2) is 21.1 Å². The molecule has 0 fully saturated rings. The van der Waals surface area contributed by atoms with Gasteiger partial charge in [-0.3, -0.25) is 9.78 Å². The molecule has 0 aliphatic heterocycles. The number of hydrogen-bond acceptors (Lipinski definition) is 6. The molecule has 3 heterocycles. The summed E-state index contributed by atoms with van der Waals surface area (Å²) in [5.41, 5.74) is 11.6. The fourth-order valence-corrected chi connectivity index (χ4v) is 4.04. The predicted octanol–water partition coefficient (Wildman–Crippen LogP) is 3.88. The van der Waals surface area contributed by atoms with Crippen LogP contribution in [0.4, 0.5) is 5.69 Å². The van der Waals surface area contributed by atoms with Gasteiger partial charge in [-0.2, -0.15) is 5.10 Å². The number of nitrogen functional groups attached to an aromatic ring is 1. The number of pyridine rings is 1. The van der Waals surface area contributed by atoms with Crippen LogP contribution in [-0.2, 0) is 6.54 Å². The number of carbonyl (C=O) groups excluding carboxylic acids is 1. The van der Waals surface area contributed by atoms with Crippen LogP contribution in [0, 0.1) is 13.8 Å².